The second-order valence-corrected chi connectivity index (χ2v) is 7.82. The zero-order valence-electron chi connectivity index (χ0n) is 15.0. The van der Waals surface area contributed by atoms with Crippen LogP contribution in [0.4, 0.5) is 0 Å². The van der Waals surface area contributed by atoms with Crippen LogP contribution in [0.3, 0.4) is 0 Å². The van der Waals surface area contributed by atoms with Crippen LogP contribution in [-0.4, -0.2) is 22.5 Å². The molecule has 0 amide bonds. The molecule has 127 valence electrons. The summed E-state index contributed by atoms with van der Waals surface area (Å²) in [5.41, 5.74) is 7.67. The molecule has 4 rings (SSSR count). The van der Waals surface area contributed by atoms with Crippen molar-refractivity contribution in [3.05, 3.63) is 132 Å². The summed E-state index contributed by atoms with van der Waals surface area (Å²) in [5, 5.41) is 0. The van der Waals surface area contributed by atoms with Crippen LogP contribution in [0.2, 0.25) is 0 Å². The van der Waals surface area contributed by atoms with E-state index in [2.05, 4.69) is 115 Å². The predicted octanol–water partition coefficient (Wildman–Crippen LogP) is 6.44. The summed E-state index contributed by atoms with van der Waals surface area (Å²) in [6.45, 7) is 0. The minimum atomic E-state index is 1.25. The summed E-state index contributed by atoms with van der Waals surface area (Å²) < 4.78 is 1.37. The van der Waals surface area contributed by atoms with Crippen molar-refractivity contribution < 1.29 is 0 Å². The first-order valence-electron chi connectivity index (χ1n) is 9.06. The second kappa shape index (κ2) is 8.41. The second-order valence-electron chi connectivity index (χ2n) is 6.39. The Morgan fingerprint density at radius 1 is 0.481 bits per heavy atom. The molecule has 0 spiro atoms. The summed E-state index contributed by atoms with van der Waals surface area (Å²) in [6.07, 6.45) is 0. The molecular weight excluding hydrogens is 431 g/mol. The Labute approximate surface area is 174 Å². The molecule has 0 unspecified atom stereocenters. The molecule has 0 aromatic heterocycles. The molecule has 0 aliphatic carbocycles. The zero-order valence-corrected chi connectivity index (χ0v) is 17.8. The van der Waals surface area contributed by atoms with E-state index in [1.54, 1.807) is 0 Å². The Kier molecular flexibility index (Phi) is 5.55. The van der Waals surface area contributed by atoms with Gasteiger partial charge in [-0.15, -0.1) is 0 Å². The molecule has 0 heterocycles. The topological polar surface area (TPSA) is 0 Å². The molecule has 4 aromatic carbocycles. The van der Waals surface area contributed by atoms with Crippen molar-refractivity contribution in [2.45, 2.75) is 0 Å². The van der Waals surface area contributed by atoms with Crippen molar-refractivity contribution in [2.75, 3.05) is 0 Å². The van der Waals surface area contributed by atoms with Crippen LogP contribution >= 0.6 is 0 Å². The Morgan fingerprint density at radius 3 is 1.59 bits per heavy atom. The molecule has 0 aliphatic rings. The molecule has 0 atom stereocenters. The third-order valence-corrected chi connectivity index (χ3v) is 6.19. The Bertz CT molecular complexity index is 1050. The molecule has 27 heavy (non-hydrogen) atoms. The van der Waals surface area contributed by atoms with E-state index in [0.717, 1.165) is 0 Å². The van der Waals surface area contributed by atoms with E-state index in [1.807, 2.05) is 0 Å². The molecule has 0 fully saturated rings. The van der Waals surface area contributed by atoms with E-state index < -0.39 is 0 Å². The van der Waals surface area contributed by atoms with Crippen molar-refractivity contribution in [2.24, 2.45) is 0 Å². The van der Waals surface area contributed by atoms with Gasteiger partial charge in [0.15, 0.2) is 0 Å². The van der Waals surface area contributed by atoms with E-state index in [1.165, 1.54) is 59.5 Å². The fourth-order valence-corrected chi connectivity index (χ4v) is 4.63. The van der Waals surface area contributed by atoms with Crippen molar-refractivity contribution in [3.63, 3.8) is 0 Å². The number of rotatable bonds is 4. The van der Waals surface area contributed by atoms with Crippen LogP contribution in [0.5, 0.6) is 0 Å². The summed E-state index contributed by atoms with van der Waals surface area (Å²) in [5.74, 6) is 0. The van der Waals surface area contributed by atoms with Crippen LogP contribution in [0.1, 0.15) is 16.7 Å². The Balaban J connectivity index is 2.00. The van der Waals surface area contributed by atoms with Gasteiger partial charge in [-0.1, -0.05) is 0 Å². The predicted molar refractivity (Wildman–Crippen MR) is 116 cm³/mol. The molecule has 0 N–H and O–H groups in total. The Morgan fingerprint density at radius 2 is 0.963 bits per heavy atom. The first-order valence-corrected chi connectivity index (χ1v) is 10.5. The standard InChI is InChI=1S/C26H19.Sn/c1-4-12-21(13-5-1)20-26(23-16-8-3-9-17-23)25-19-11-10-18-24(25)22-14-6-2-7-15-22;/h1-19H;. The van der Waals surface area contributed by atoms with E-state index in [4.69, 9.17) is 0 Å². The van der Waals surface area contributed by atoms with Gasteiger partial charge in [-0.3, -0.25) is 0 Å². The summed E-state index contributed by atoms with van der Waals surface area (Å²) >= 11 is 1.41. The molecule has 4 aromatic rings. The normalized spacial score (nSPS) is 11.7. The van der Waals surface area contributed by atoms with Crippen LogP contribution in [-0.2, 0) is 0 Å². The Hall–Kier alpha value is -2.58. The number of hydrogen-bond donors (Lipinski definition) is 0. The first-order chi connectivity index (χ1) is 13.3. The third kappa shape index (κ3) is 3.91. The van der Waals surface area contributed by atoms with Gasteiger partial charge in [-0.05, 0) is 0 Å². The van der Waals surface area contributed by atoms with E-state index in [9.17, 15) is 0 Å². The fraction of sp³-hybridized carbons (Fsp3) is 0. The van der Waals surface area contributed by atoms with Crippen molar-refractivity contribution in [3.8, 4) is 11.1 Å². The monoisotopic (exact) mass is 451 g/mol. The molecular formula is C26H19Sn. The summed E-state index contributed by atoms with van der Waals surface area (Å²) in [4.78, 5) is 0. The summed E-state index contributed by atoms with van der Waals surface area (Å²) in [6, 6.07) is 40.9. The van der Waals surface area contributed by atoms with Gasteiger partial charge in [0.05, 0.1) is 0 Å². The molecule has 0 saturated heterocycles. The number of benzene rings is 4. The van der Waals surface area contributed by atoms with E-state index >= 15 is 0 Å². The molecule has 1 heteroatoms. The average molecular weight is 450 g/mol. The van der Waals surface area contributed by atoms with E-state index in [-0.39, 0.29) is 0 Å². The molecule has 0 saturated carbocycles. The number of hydrogen-bond acceptors (Lipinski definition) is 0. The molecule has 0 nitrogen and oxygen atoms in total. The van der Waals surface area contributed by atoms with Gasteiger partial charge in [0, 0.05) is 0 Å². The third-order valence-electron chi connectivity index (χ3n) is 4.66. The van der Waals surface area contributed by atoms with Crippen molar-refractivity contribution in [1.82, 2.24) is 0 Å². The van der Waals surface area contributed by atoms with Crippen LogP contribution in [0, 0.1) is 0 Å². The first kappa shape index (κ1) is 17.8. The van der Waals surface area contributed by atoms with Crippen molar-refractivity contribution in [1.29, 1.82) is 0 Å². The summed E-state index contributed by atoms with van der Waals surface area (Å²) in [7, 11) is 0. The quantitative estimate of drug-likeness (QED) is 0.248. The van der Waals surface area contributed by atoms with Gasteiger partial charge in [-0.2, -0.15) is 0 Å². The van der Waals surface area contributed by atoms with Gasteiger partial charge < -0.3 is 0 Å². The van der Waals surface area contributed by atoms with Crippen molar-refractivity contribution >= 4 is 31.7 Å². The van der Waals surface area contributed by atoms with Crippen LogP contribution < -0.4 is 0 Å². The minimum absolute atomic E-state index is 1.25. The van der Waals surface area contributed by atoms with Crippen LogP contribution in [0.15, 0.2) is 115 Å². The molecule has 0 bridgehead atoms. The van der Waals surface area contributed by atoms with Gasteiger partial charge >= 0.3 is 175 Å². The molecule has 3 radical (unpaired) electrons. The molecule has 0 aliphatic heterocycles. The van der Waals surface area contributed by atoms with Gasteiger partial charge in [0.1, 0.15) is 0 Å². The van der Waals surface area contributed by atoms with Gasteiger partial charge in [0.2, 0.25) is 0 Å². The SMILES string of the molecule is [Sn][C](=C(c1ccccc1)c1ccccc1-c1ccccc1)c1ccccc1. The maximum atomic E-state index is 2.25. The van der Waals surface area contributed by atoms with Crippen LogP contribution in [0.25, 0.3) is 20.3 Å². The van der Waals surface area contributed by atoms with Gasteiger partial charge in [0.25, 0.3) is 0 Å². The fourth-order valence-electron chi connectivity index (χ4n) is 3.36. The average Bonchev–Trinajstić information content (AvgIpc) is 2.76. The maximum absolute atomic E-state index is 2.25. The zero-order chi connectivity index (χ0) is 18.5. The van der Waals surface area contributed by atoms with E-state index in [0.29, 0.717) is 0 Å². The van der Waals surface area contributed by atoms with Gasteiger partial charge in [-0.25, -0.2) is 0 Å².